The lowest BCUT2D eigenvalue weighted by molar-refractivity contribution is -0.319. The van der Waals surface area contributed by atoms with E-state index in [1.54, 1.807) is 48.5 Å². The van der Waals surface area contributed by atoms with E-state index in [0.29, 0.717) is 18.7 Å². The quantitative estimate of drug-likeness (QED) is 0.137. The summed E-state index contributed by atoms with van der Waals surface area (Å²) in [6.07, 6.45) is -6.50. The van der Waals surface area contributed by atoms with Crippen LogP contribution in [0.2, 0.25) is 0 Å². The summed E-state index contributed by atoms with van der Waals surface area (Å²) < 4.78 is 44.8. The zero-order valence-electron chi connectivity index (χ0n) is 42.5. The van der Waals surface area contributed by atoms with Crippen LogP contribution in [-0.2, 0) is 54.0 Å². The number of ether oxygens (including phenoxy) is 7. The number of methoxy groups -OCH3 is 1. The zero-order chi connectivity index (χ0) is 50.5. The summed E-state index contributed by atoms with van der Waals surface area (Å²) in [5, 5.41) is 50.7. The fraction of sp³-hybridized carbons (Fsp3) is 0.872. The van der Waals surface area contributed by atoms with E-state index in [2.05, 4.69) is 15.3 Å². The van der Waals surface area contributed by atoms with Crippen molar-refractivity contribution < 1.29 is 68.0 Å². The van der Waals surface area contributed by atoms with Crippen LogP contribution in [0.15, 0.2) is 12.5 Å². The number of esters is 2. The second-order valence-corrected chi connectivity index (χ2v) is 20.7. The van der Waals surface area contributed by atoms with Gasteiger partial charge in [-0.15, -0.1) is 0 Å². The Morgan fingerprint density at radius 3 is 2.28 bits per heavy atom. The van der Waals surface area contributed by atoms with Gasteiger partial charge in [0.05, 0.1) is 48.3 Å². The van der Waals surface area contributed by atoms with Crippen LogP contribution in [0.1, 0.15) is 108 Å². The number of cyclic esters (lactones) is 1. The van der Waals surface area contributed by atoms with Crippen LogP contribution >= 0.6 is 0 Å². The average Bonchev–Trinajstić information content (AvgIpc) is 3.76. The number of aliphatic hydroxyl groups is 4. The molecule has 20 nitrogen and oxygen atoms in total. The van der Waals surface area contributed by atoms with Gasteiger partial charge in [-0.1, -0.05) is 20.8 Å². The van der Waals surface area contributed by atoms with Crippen molar-refractivity contribution in [3.8, 4) is 0 Å². The van der Waals surface area contributed by atoms with E-state index in [-0.39, 0.29) is 43.7 Å². The molecule has 0 radical (unpaired) electrons. The number of aliphatic hydroxyl groups excluding tert-OH is 2. The van der Waals surface area contributed by atoms with E-state index in [0.717, 1.165) is 0 Å². The molecule has 8 N–H and O–H groups in total. The first-order valence-corrected chi connectivity index (χ1v) is 23.9. The maximum absolute atomic E-state index is 14.6. The Balaban J connectivity index is 1.77. The predicted molar refractivity (Wildman–Crippen MR) is 246 cm³/mol. The number of aromatic amines is 1. The number of hydrogen-bond donors (Lipinski definition) is 7. The van der Waals surface area contributed by atoms with Gasteiger partial charge in [0, 0.05) is 56.4 Å². The highest BCUT2D eigenvalue weighted by atomic mass is 16.7. The first-order chi connectivity index (χ1) is 31.1. The van der Waals surface area contributed by atoms with Gasteiger partial charge >= 0.3 is 11.9 Å². The van der Waals surface area contributed by atoms with Crippen molar-refractivity contribution in [1.29, 1.82) is 0 Å². The fourth-order valence-electron chi connectivity index (χ4n) is 10.3. The van der Waals surface area contributed by atoms with Crippen LogP contribution in [0, 0.1) is 17.8 Å². The predicted octanol–water partition coefficient (Wildman–Crippen LogP) is 1.25. The van der Waals surface area contributed by atoms with Crippen LogP contribution in [-0.4, -0.2) is 195 Å². The van der Waals surface area contributed by atoms with Crippen molar-refractivity contribution in [3.63, 3.8) is 0 Å². The molecule has 1 unspecified atom stereocenters. The minimum atomic E-state index is -1.87. The molecule has 386 valence electrons. The van der Waals surface area contributed by atoms with E-state index in [1.165, 1.54) is 33.5 Å². The molecule has 1 amide bonds. The van der Waals surface area contributed by atoms with Crippen LogP contribution in [0.3, 0.4) is 0 Å². The highest BCUT2D eigenvalue weighted by Gasteiger charge is 2.54. The summed E-state index contributed by atoms with van der Waals surface area (Å²) in [5.74, 6) is -4.26. The monoisotopic (exact) mass is 957 g/mol. The number of carbonyl (C=O) groups is 3. The number of carbonyl (C=O) groups excluding carboxylic acids is 3. The molecule has 4 heterocycles. The van der Waals surface area contributed by atoms with Gasteiger partial charge in [-0.2, -0.15) is 0 Å². The molecule has 20 atom stereocenters. The van der Waals surface area contributed by atoms with Crippen molar-refractivity contribution in [3.05, 3.63) is 18.2 Å². The van der Waals surface area contributed by atoms with E-state index in [9.17, 15) is 34.8 Å². The number of hydrogen-bond acceptors (Lipinski definition) is 18. The van der Waals surface area contributed by atoms with Gasteiger partial charge in [-0.3, -0.25) is 9.59 Å². The largest absolute Gasteiger partial charge is 0.459 e. The lowest BCUT2D eigenvalue weighted by Gasteiger charge is -2.49. The topological polar surface area (TPSA) is 270 Å². The highest BCUT2D eigenvalue weighted by Crippen LogP contribution is 2.41. The number of aromatic nitrogens is 2. The van der Waals surface area contributed by atoms with Crippen molar-refractivity contribution >= 4 is 17.8 Å². The molecule has 3 saturated heterocycles. The maximum atomic E-state index is 14.6. The molecule has 4 rings (SSSR count). The van der Waals surface area contributed by atoms with Gasteiger partial charge < -0.3 is 79.4 Å². The smallest absolute Gasteiger partial charge is 0.329 e. The number of nitrogens with one attached hydrogen (secondary N) is 2. The SMILES string of the molecule is CC[C@H]1OC(=O)[C@H](C)[C@@H](OC2C[C@@](C)(OC)[C@@H](OC(=O)[C@H](Cc3cnc[nH]3)NC(=O)[C@H](C)N)[C@H](C)O2)[C@H](C)[C@@H](O[C@@H]2O[C@H](C)C[C@H](N(C)C)[C@H]2O)[C@](C)(O)C[C@@H](C)CN(C)[C@H](C)[C@@H](O)[C@]1(C)O. The summed E-state index contributed by atoms with van der Waals surface area (Å²) in [4.78, 5) is 52.0. The molecule has 3 aliphatic rings. The number of nitrogens with two attached hydrogens (primary N) is 1. The van der Waals surface area contributed by atoms with Gasteiger partial charge in [0.15, 0.2) is 18.7 Å². The van der Waals surface area contributed by atoms with Gasteiger partial charge in [0.25, 0.3) is 0 Å². The van der Waals surface area contributed by atoms with E-state index in [4.69, 9.17) is 38.9 Å². The molecule has 3 fully saturated rings. The lowest BCUT2D eigenvalue weighted by atomic mass is 9.77. The van der Waals surface area contributed by atoms with E-state index < -0.39 is 120 Å². The van der Waals surface area contributed by atoms with Crippen molar-refractivity contribution in [2.24, 2.45) is 23.5 Å². The van der Waals surface area contributed by atoms with Crippen molar-refractivity contribution in [2.45, 2.75) is 211 Å². The third kappa shape index (κ3) is 13.7. The molecular formula is C47H84N6O14. The van der Waals surface area contributed by atoms with Gasteiger partial charge in [-0.25, -0.2) is 9.78 Å². The minimum absolute atomic E-state index is 0.0255. The van der Waals surface area contributed by atoms with Gasteiger partial charge in [-0.05, 0) is 102 Å². The Kier molecular flexibility index (Phi) is 19.8. The normalized spacial score (nSPS) is 41.9. The number of amides is 1. The summed E-state index contributed by atoms with van der Waals surface area (Å²) in [6, 6.07) is -2.96. The molecule has 67 heavy (non-hydrogen) atoms. The van der Waals surface area contributed by atoms with Gasteiger partial charge in [0.2, 0.25) is 5.91 Å². The molecule has 0 aliphatic carbocycles. The van der Waals surface area contributed by atoms with Crippen molar-refractivity contribution in [2.75, 3.05) is 34.8 Å². The number of nitrogens with zero attached hydrogens (tertiary/aromatic N) is 3. The lowest BCUT2D eigenvalue weighted by Crippen LogP contribution is -2.61. The Bertz CT molecular complexity index is 1740. The molecule has 0 saturated carbocycles. The van der Waals surface area contributed by atoms with Crippen LogP contribution in [0.4, 0.5) is 0 Å². The molecule has 3 aliphatic heterocycles. The summed E-state index contributed by atoms with van der Waals surface area (Å²) in [7, 11) is 7.02. The number of rotatable bonds is 13. The Labute approximate surface area is 397 Å². The van der Waals surface area contributed by atoms with E-state index in [1.807, 2.05) is 44.8 Å². The number of H-pyrrole nitrogens is 1. The fourth-order valence-corrected chi connectivity index (χ4v) is 10.3. The molecule has 0 spiro atoms. The Morgan fingerprint density at radius 2 is 1.72 bits per heavy atom. The molecule has 20 heteroatoms. The van der Waals surface area contributed by atoms with Crippen LogP contribution < -0.4 is 11.1 Å². The third-order valence-corrected chi connectivity index (χ3v) is 14.4. The van der Waals surface area contributed by atoms with Crippen LogP contribution in [0.5, 0.6) is 0 Å². The second kappa shape index (κ2) is 23.4. The molecule has 0 aromatic carbocycles. The summed E-state index contributed by atoms with van der Waals surface area (Å²) in [6.45, 7) is 19.2. The first kappa shape index (κ1) is 56.7. The first-order valence-electron chi connectivity index (χ1n) is 23.9. The standard InChI is InChI=1S/C47H84N6O14/c1-16-34-47(11,60)38(55)29(7)53(14)22-24(2)19-45(9,59)39(67-44-36(54)33(52(12)13)17-25(3)62-44)26(4)37(27(5)42(57)64-34)65-35-20-46(10,61-15)40(30(8)63-35)66-43(58)32(51-41(56)28(6)48)18-31-21-49-23-50-31/h21,23-30,32-40,44,54-55,59-60H,16-20,22,48H2,1-15H3,(H,49,50)(H,51,56)/t24-,25-,26+,27-,28+,29-,30+,32+,33+,34-,35?,36-,37+,38-,39-,40+,44+,45-,46-,47-/m1/s1. The Morgan fingerprint density at radius 1 is 1.06 bits per heavy atom. The van der Waals surface area contributed by atoms with Crippen molar-refractivity contribution in [1.82, 2.24) is 25.1 Å². The molecule has 1 aromatic rings. The average molecular weight is 957 g/mol. The zero-order valence-corrected chi connectivity index (χ0v) is 42.5. The molecule has 1 aromatic heterocycles. The molecule has 0 bridgehead atoms. The maximum Gasteiger partial charge on any atom is 0.329 e. The summed E-state index contributed by atoms with van der Waals surface area (Å²) >= 11 is 0. The Hall–Kier alpha value is -2.86. The highest BCUT2D eigenvalue weighted by molar-refractivity contribution is 5.87. The van der Waals surface area contributed by atoms with E-state index >= 15 is 0 Å². The second-order valence-electron chi connectivity index (χ2n) is 20.7. The number of likely N-dealkylation sites (N-methyl/N-ethyl adjacent to an activating group) is 2. The van der Waals surface area contributed by atoms with Crippen LogP contribution in [0.25, 0.3) is 0 Å². The molecular weight excluding hydrogens is 873 g/mol. The minimum Gasteiger partial charge on any atom is -0.459 e. The summed E-state index contributed by atoms with van der Waals surface area (Å²) in [5.41, 5.74) is 1.63. The van der Waals surface area contributed by atoms with Gasteiger partial charge in [0.1, 0.15) is 35.6 Å². The number of imidazole rings is 1. The third-order valence-electron chi connectivity index (χ3n) is 14.4.